The quantitative estimate of drug-likeness (QED) is 0.902. The van der Waals surface area contributed by atoms with Gasteiger partial charge in [-0.05, 0) is 36.6 Å². The number of nitrogens with one attached hydrogen (secondary N) is 1. The third-order valence-corrected chi connectivity index (χ3v) is 4.59. The van der Waals surface area contributed by atoms with Crippen molar-refractivity contribution in [3.05, 3.63) is 34.3 Å². The topological polar surface area (TPSA) is 15.3 Å². The van der Waals surface area contributed by atoms with Gasteiger partial charge in [-0.3, -0.25) is 4.90 Å². The Bertz CT molecular complexity index is 373. The summed E-state index contributed by atoms with van der Waals surface area (Å²) in [5, 5.41) is 3.48. The minimum absolute atomic E-state index is 0. The van der Waals surface area contributed by atoms with Gasteiger partial charge in [0, 0.05) is 24.1 Å². The van der Waals surface area contributed by atoms with Crippen molar-refractivity contribution in [3.63, 3.8) is 0 Å². The Kier molecular flexibility index (Phi) is 4.47. The van der Waals surface area contributed by atoms with E-state index in [4.69, 9.17) is 0 Å². The summed E-state index contributed by atoms with van der Waals surface area (Å²) in [5.74, 6) is 1.78. The standard InChI is InChI=1S/C13H17BrN2.ClH/c14-13-4-2-1-3-10(13)7-16-8-11-5-15-6-12(11)9-16;/h1-4,11-12,15H,5-9H2;1H/t11-,12+;. The summed E-state index contributed by atoms with van der Waals surface area (Å²) in [5.41, 5.74) is 1.41. The van der Waals surface area contributed by atoms with Gasteiger partial charge in [0.15, 0.2) is 0 Å². The lowest BCUT2D eigenvalue weighted by molar-refractivity contribution is 0.305. The molecular weight excluding hydrogens is 300 g/mol. The highest BCUT2D eigenvalue weighted by atomic mass is 79.9. The van der Waals surface area contributed by atoms with Crippen LogP contribution in [0.2, 0.25) is 0 Å². The van der Waals surface area contributed by atoms with Crippen molar-refractivity contribution in [2.75, 3.05) is 26.2 Å². The molecule has 0 saturated carbocycles. The molecule has 2 aliphatic rings. The van der Waals surface area contributed by atoms with Crippen LogP contribution in [0.5, 0.6) is 0 Å². The van der Waals surface area contributed by atoms with Gasteiger partial charge >= 0.3 is 0 Å². The molecule has 2 aliphatic heterocycles. The number of halogens is 2. The van der Waals surface area contributed by atoms with Crippen LogP contribution in [0.3, 0.4) is 0 Å². The van der Waals surface area contributed by atoms with E-state index in [9.17, 15) is 0 Å². The second-order valence-corrected chi connectivity index (χ2v) is 5.82. The van der Waals surface area contributed by atoms with Gasteiger partial charge in [-0.15, -0.1) is 12.4 Å². The molecule has 0 amide bonds. The van der Waals surface area contributed by atoms with Crippen LogP contribution in [-0.4, -0.2) is 31.1 Å². The van der Waals surface area contributed by atoms with Crippen molar-refractivity contribution < 1.29 is 0 Å². The SMILES string of the molecule is Brc1ccccc1CN1C[C@H]2CNC[C@H]2C1.Cl. The molecule has 2 fully saturated rings. The summed E-state index contributed by atoms with van der Waals surface area (Å²) in [6.07, 6.45) is 0. The van der Waals surface area contributed by atoms with E-state index in [1.807, 2.05) is 0 Å². The minimum atomic E-state index is 0. The molecule has 1 aromatic rings. The molecule has 2 atom stereocenters. The highest BCUT2D eigenvalue weighted by molar-refractivity contribution is 9.10. The predicted octanol–water partition coefficient (Wildman–Crippen LogP) is 2.52. The lowest BCUT2D eigenvalue weighted by Crippen LogP contribution is -2.25. The monoisotopic (exact) mass is 316 g/mol. The Morgan fingerprint density at radius 3 is 2.47 bits per heavy atom. The summed E-state index contributed by atoms with van der Waals surface area (Å²) in [6.45, 7) is 6.06. The van der Waals surface area contributed by atoms with E-state index in [0.29, 0.717) is 0 Å². The van der Waals surface area contributed by atoms with Crippen molar-refractivity contribution >= 4 is 28.3 Å². The van der Waals surface area contributed by atoms with Gasteiger partial charge in [-0.2, -0.15) is 0 Å². The molecule has 2 heterocycles. The van der Waals surface area contributed by atoms with E-state index in [1.54, 1.807) is 0 Å². The Morgan fingerprint density at radius 2 is 1.82 bits per heavy atom. The van der Waals surface area contributed by atoms with Crippen LogP contribution >= 0.6 is 28.3 Å². The first-order valence-electron chi connectivity index (χ1n) is 5.99. The summed E-state index contributed by atoms with van der Waals surface area (Å²) >= 11 is 3.63. The fraction of sp³-hybridized carbons (Fsp3) is 0.538. The van der Waals surface area contributed by atoms with Crippen LogP contribution in [0.15, 0.2) is 28.7 Å². The molecule has 0 radical (unpaired) electrons. The lowest BCUT2D eigenvalue weighted by atomic mass is 10.0. The first-order valence-corrected chi connectivity index (χ1v) is 6.79. The van der Waals surface area contributed by atoms with E-state index in [-0.39, 0.29) is 12.4 Å². The van der Waals surface area contributed by atoms with Crippen molar-refractivity contribution in [2.45, 2.75) is 6.54 Å². The molecule has 0 spiro atoms. The van der Waals surface area contributed by atoms with Gasteiger partial charge in [0.05, 0.1) is 0 Å². The van der Waals surface area contributed by atoms with Crippen LogP contribution in [0, 0.1) is 11.8 Å². The number of rotatable bonds is 2. The zero-order valence-corrected chi connectivity index (χ0v) is 12.1. The summed E-state index contributed by atoms with van der Waals surface area (Å²) in [4.78, 5) is 2.59. The molecule has 3 rings (SSSR count). The van der Waals surface area contributed by atoms with Gasteiger partial charge in [0.2, 0.25) is 0 Å². The van der Waals surface area contributed by atoms with Crippen LogP contribution in [0.1, 0.15) is 5.56 Å². The van der Waals surface area contributed by atoms with Crippen LogP contribution in [0.4, 0.5) is 0 Å². The minimum Gasteiger partial charge on any atom is -0.316 e. The molecule has 2 saturated heterocycles. The normalized spacial score (nSPS) is 27.8. The van der Waals surface area contributed by atoms with E-state index in [2.05, 4.69) is 50.4 Å². The molecule has 94 valence electrons. The van der Waals surface area contributed by atoms with Crippen molar-refractivity contribution in [2.24, 2.45) is 11.8 Å². The zero-order valence-electron chi connectivity index (χ0n) is 9.73. The maximum absolute atomic E-state index is 3.63. The van der Waals surface area contributed by atoms with E-state index in [0.717, 1.165) is 18.4 Å². The van der Waals surface area contributed by atoms with E-state index < -0.39 is 0 Å². The fourth-order valence-corrected chi connectivity index (χ4v) is 3.36. The van der Waals surface area contributed by atoms with Crippen molar-refractivity contribution in [1.82, 2.24) is 10.2 Å². The summed E-state index contributed by atoms with van der Waals surface area (Å²) in [6, 6.07) is 8.55. The zero-order chi connectivity index (χ0) is 11.0. The number of hydrogen-bond donors (Lipinski definition) is 1. The molecule has 4 heteroatoms. The van der Waals surface area contributed by atoms with Gasteiger partial charge in [-0.1, -0.05) is 34.1 Å². The molecule has 1 N–H and O–H groups in total. The van der Waals surface area contributed by atoms with Crippen LogP contribution in [0.25, 0.3) is 0 Å². The van der Waals surface area contributed by atoms with E-state index in [1.165, 1.54) is 36.2 Å². The van der Waals surface area contributed by atoms with Crippen LogP contribution in [-0.2, 0) is 6.54 Å². The van der Waals surface area contributed by atoms with Crippen molar-refractivity contribution in [3.8, 4) is 0 Å². The van der Waals surface area contributed by atoms with Gasteiger partial charge < -0.3 is 5.32 Å². The fourth-order valence-electron chi connectivity index (χ4n) is 2.95. The molecule has 0 aromatic heterocycles. The maximum Gasteiger partial charge on any atom is 0.0245 e. The number of benzene rings is 1. The van der Waals surface area contributed by atoms with Crippen molar-refractivity contribution in [1.29, 1.82) is 0 Å². The average molecular weight is 318 g/mol. The van der Waals surface area contributed by atoms with Gasteiger partial charge in [-0.25, -0.2) is 0 Å². The maximum atomic E-state index is 3.63. The lowest BCUT2D eigenvalue weighted by Gasteiger charge is -2.17. The summed E-state index contributed by atoms with van der Waals surface area (Å²) < 4.78 is 1.24. The number of hydrogen-bond acceptors (Lipinski definition) is 2. The molecule has 0 bridgehead atoms. The molecule has 2 nitrogen and oxygen atoms in total. The number of likely N-dealkylation sites (tertiary alicyclic amines) is 1. The second kappa shape index (κ2) is 5.70. The van der Waals surface area contributed by atoms with Gasteiger partial charge in [0.1, 0.15) is 0 Å². The third-order valence-electron chi connectivity index (χ3n) is 3.82. The smallest absolute Gasteiger partial charge is 0.0245 e. The first kappa shape index (κ1) is 13.3. The number of fused-ring (bicyclic) bond motifs is 1. The van der Waals surface area contributed by atoms with E-state index >= 15 is 0 Å². The average Bonchev–Trinajstić information content (AvgIpc) is 2.81. The Hall–Kier alpha value is -0.0900. The highest BCUT2D eigenvalue weighted by Gasteiger charge is 2.35. The highest BCUT2D eigenvalue weighted by Crippen LogP contribution is 2.28. The molecule has 0 aliphatic carbocycles. The Morgan fingerprint density at radius 1 is 1.18 bits per heavy atom. The largest absolute Gasteiger partial charge is 0.316 e. The Balaban J connectivity index is 0.00000108. The Labute approximate surface area is 117 Å². The molecule has 0 unspecified atom stereocenters. The molecule has 1 aromatic carbocycles. The molecular formula is C13H18BrClN2. The van der Waals surface area contributed by atoms with Gasteiger partial charge in [0.25, 0.3) is 0 Å². The number of nitrogens with zero attached hydrogens (tertiary/aromatic N) is 1. The summed E-state index contributed by atoms with van der Waals surface area (Å²) in [7, 11) is 0. The predicted molar refractivity (Wildman–Crippen MR) is 76.5 cm³/mol. The molecule has 17 heavy (non-hydrogen) atoms. The third kappa shape index (κ3) is 2.84. The first-order chi connectivity index (χ1) is 7.83. The second-order valence-electron chi connectivity index (χ2n) is 4.96. The van der Waals surface area contributed by atoms with Crippen LogP contribution < -0.4 is 5.32 Å².